The lowest BCUT2D eigenvalue weighted by Gasteiger charge is -2.21. The van der Waals surface area contributed by atoms with Crippen LogP contribution in [0.5, 0.6) is 11.5 Å². The van der Waals surface area contributed by atoms with E-state index in [1.807, 2.05) is 13.8 Å². The molecule has 1 amide bonds. The van der Waals surface area contributed by atoms with Gasteiger partial charge in [0.05, 0.1) is 14.2 Å². The van der Waals surface area contributed by atoms with Gasteiger partial charge in [0.2, 0.25) is 0 Å². The third-order valence-corrected chi connectivity index (χ3v) is 3.25. The number of nitrogens with one attached hydrogen (secondary N) is 1. The van der Waals surface area contributed by atoms with Crippen LogP contribution in [0, 0.1) is 5.92 Å². The number of hydrogen-bond donors (Lipinski definition) is 1. The molecule has 1 aromatic carbocycles. The first-order valence-electron chi connectivity index (χ1n) is 7.56. The minimum absolute atomic E-state index is 0.247. The molecule has 2 atom stereocenters. The Morgan fingerprint density at radius 3 is 2.09 bits per heavy atom. The van der Waals surface area contributed by atoms with Gasteiger partial charge in [0.25, 0.3) is 5.91 Å². The van der Waals surface area contributed by atoms with Crippen LogP contribution in [-0.4, -0.2) is 38.2 Å². The van der Waals surface area contributed by atoms with Crippen LogP contribution >= 0.6 is 0 Å². The Bertz CT molecular complexity index is 512. The molecular formula is C17H25NO5. The van der Waals surface area contributed by atoms with Crippen LogP contribution in [-0.2, 0) is 14.3 Å². The van der Waals surface area contributed by atoms with E-state index < -0.39 is 18.1 Å². The summed E-state index contributed by atoms with van der Waals surface area (Å²) in [6.07, 6.45) is -0.226. The van der Waals surface area contributed by atoms with E-state index in [0.29, 0.717) is 17.9 Å². The van der Waals surface area contributed by atoms with Gasteiger partial charge in [-0.15, -0.1) is 0 Å². The molecular weight excluding hydrogens is 298 g/mol. The smallest absolute Gasteiger partial charge is 0.328 e. The molecule has 0 spiro atoms. The highest BCUT2D eigenvalue weighted by molar-refractivity contribution is 5.86. The summed E-state index contributed by atoms with van der Waals surface area (Å²) in [5.41, 5.74) is 0. The average molecular weight is 323 g/mol. The summed E-state index contributed by atoms with van der Waals surface area (Å²) in [5, 5.41) is 2.68. The molecule has 0 unspecified atom stereocenters. The van der Waals surface area contributed by atoms with Gasteiger partial charge in [0.15, 0.2) is 6.10 Å². The lowest BCUT2D eigenvalue weighted by Crippen LogP contribution is -2.47. The van der Waals surface area contributed by atoms with E-state index in [9.17, 15) is 9.59 Å². The second-order valence-electron chi connectivity index (χ2n) is 5.65. The summed E-state index contributed by atoms with van der Waals surface area (Å²) < 4.78 is 15.4. The molecule has 0 saturated carbocycles. The molecule has 0 saturated heterocycles. The second-order valence-corrected chi connectivity index (χ2v) is 5.65. The summed E-state index contributed by atoms with van der Waals surface area (Å²) in [6, 6.07) is 6.25. The highest BCUT2D eigenvalue weighted by atomic mass is 16.5. The van der Waals surface area contributed by atoms with Gasteiger partial charge < -0.3 is 19.5 Å². The van der Waals surface area contributed by atoms with Crippen LogP contribution in [0.4, 0.5) is 0 Å². The van der Waals surface area contributed by atoms with Crippen LogP contribution in [0.3, 0.4) is 0 Å². The summed E-state index contributed by atoms with van der Waals surface area (Å²) in [7, 11) is 2.88. The topological polar surface area (TPSA) is 73.9 Å². The van der Waals surface area contributed by atoms with Crippen LogP contribution < -0.4 is 14.8 Å². The molecule has 1 N–H and O–H groups in total. The molecule has 6 heteroatoms. The number of carbonyl (C=O) groups excluding carboxylic acids is 2. The summed E-state index contributed by atoms with van der Waals surface area (Å²) >= 11 is 0. The molecule has 1 rings (SSSR count). The molecule has 23 heavy (non-hydrogen) atoms. The third kappa shape index (κ3) is 6.18. The predicted octanol–water partition coefficient (Wildman–Crippen LogP) is 2.17. The van der Waals surface area contributed by atoms with E-state index in [1.165, 1.54) is 7.11 Å². The fraction of sp³-hybridized carbons (Fsp3) is 0.529. The molecule has 6 nitrogen and oxygen atoms in total. The molecule has 1 aromatic rings. The molecule has 0 aliphatic rings. The first-order chi connectivity index (χ1) is 10.9. The Morgan fingerprint density at radius 1 is 1.04 bits per heavy atom. The van der Waals surface area contributed by atoms with E-state index >= 15 is 0 Å². The monoisotopic (exact) mass is 323 g/mol. The second kappa shape index (κ2) is 9.02. The predicted molar refractivity (Wildman–Crippen MR) is 86.5 cm³/mol. The van der Waals surface area contributed by atoms with Crippen molar-refractivity contribution in [1.29, 1.82) is 0 Å². The molecule has 0 bridgehead atoms. The maximum absolute atomic E-state index is 12.2. The number of hydrogen-bond acceptors (Lipinski definition) is 5. The SMILES string of the molecule is COC(=O)[C@H](CC(C)C)NC(=O)[C@H](C)Oc1ccc(OC)cc1. The van der Waals surface area contributed by atoms with Crippen molar-refractivity contribution in [2.24, 2.45) is 5.92 Å². The van der Waals surface area contributed by atoms with Gasteiger partial charge >= 0.3 is 5.97 Å². The molecule has 0 aliphatic heterocycles. The molecule has 0 heterocycles. The van der Waals surface area contributed by atoms with Gasteiger partial charge in [-0.1, -0.05) is 13.8 Å². The zero-order valence-electron chi connectivity index (χ0n) is 14.3. The van der Waals surface area contributed by atoms with Gasteiger partial charge in [0, 0.05) is 0 Å². The summed E-state index contributed by atoms with van der Waals surface area (Å²) in [6.45, 7) is 5.57. The number of methoxy groups -OCH3 is 2. The Hall–Kier alpha value is -2.24. The van der Waals surface area contributed by atoms with E-state index in [-0.39, 0.29) is 11.8 Å². The lowest BCUT2D eigenvalue weighted by atomic mass is 10.0. The zero-order chi connectivity index (χ0) is 17.4. The minimum Gasteiger partial charge on any atom is -0.497 e. The fourth-order valence-corrected chi connectivity index (χ4v) is 2.03. The van der Waals surface area contributed by atoms with Crippen molar-refractivity contribution in [3.8, 4) is 11.5 Å². The summed E-state index contributed by atoms with van der Waals surface area (Å²) in [5.74, 6) is 0.682. The van der Waals surface area contributed by atoms with Gasteiger partial charge in [-0.2, -0.15) is 0 Å². The van der Waals surface area contributed by atoms with Crippen molar-refractivity contribution in [2.45, 2.75) is 39.3 Å². The van der Waals surface area contributed by atoms with Crippen molar-refractivity contribution in [2.75, 3.05) is 14.2 Å². The maximum Gasteiger partial charge on any atom is 0.328 e. The van der Waals surface area contributed by atoms with E-state index in [1.54, 1.807) is 38.3 Å². The maximum atomic E-state index is 12.2. The van der Waals surface area contributed by atoms with Crippen LogP contribution in [0.1, 0.15) is 27.2 Å². The van der Waals surface area contributed by atoms with Crippen LogP contribution in [0.15, 0.2) is 24.3 Å². The number of benzene rings is 1. The highest BCUT2D eigenvalue weighted by Gasteiger charge is 2.25. The number of rotatable bonds is 8. The third-order valence-electron chi connectivity index (χ3n) is 3.25. The fourth-order valence-electron chi connectivity index (χ4n) is 2.03. The molecule has 0 aromatic heterocycles. The first-order valence-corrected chi connectivity index (χ1v) is 7.56. The Morgan fingerprint density at radius 2 is 1.61 bits per heavy atom. The van der Waals surface area contributed by atoms with Crippen molar-refractivity contribution in [3.63, 3.8) is 0 Å². The van der Waals surface area contributed by atoms with Crippen molar-refractivity contribution in [3.05, 3.63) is 24.3 Å². The zero-order valence-corrected chi connectivity index (χ0v) is 14.3. The Labute approximate surface area is 137 Å². The quantitative estimate of drug-likeness (QED) is 0.742. The molecule has 128 valence electrons. The van der Waals surface area contributed by atoms with Crippen molar-refractivity contribution < 1.29 is 23.8 Å². The van der Waals surface area contributed by atoms with E-state index in [0.717, 1.165) is 0 Å². The highest BCUT2D eigenvalue weighted by Crippen LogP contribution is 2.18. The van der Waals surface area contributed by atoms with Crippen LogP contribution in [0.2, 0.25) is 0 Å². The van der Waals surface area contributed by atoms with E-state index in [2.05, 4.69) is 5.32 Å². The number of ether oxygens (including phenoxy) is 3. The Balaban J connectivity index is 2.64. The number of esters is 1. The lowest BCUT2D eigenvalue weighted by molar-refractivity contribution is -0.146. The number of amides is 1. The molecule has 0 fully saturated rings. The van der Waals surface area contributed by atoms with E-state index in [4.69, 9.17) is 14.2 Å². The minimum atomic E-state index is -0.734. The van der Waals surface area contributed by atoms with Gasteiger partial charge in [-0.25, -0.2) is 4.79 Å². The van der Waals surface area contributed by atoms with Gasteiger partial charge in [0.1, 0.15) is 17.5 Å². The van der Waals surface area contributed by atoms with Gasteiger partial charge in [-0.05, 0) is 43.5 Å². The molecule has 0 aliphatic carbocycles. The average Bonchev–Trinajstić information content (AvgIpc) is 2.53. The summed E-state index contributed by atoms with van der Waals surface area (Å²) in [4.78, 5) is 24.0. The largest absolute Gasteiger partial charge is 0.497 e. The van der Waals surface area contributed by atoms with Gasteiger partial charge in [-0.3, -0.25) is 4.79 Å². The Kier molecular flexibility index (Phi) is 7.38. The standard InChI is InChI=1S/C17H25NO5/c1-11(2)10-15(17(20)22-5)18-16(19)12(3)23-14-8-6-13(21-4)7-9-14/h6-9,11-12,15H,10H2,1-5H3,(H,18,19)/t12-,15-/m0/s1. The van der Waals surface area contributed by atoms with Crippen molar-refractivity contribution in [1.82, 2.24) is 5.32 Å². The normalized spacial score (nSPS) is 13.1. The number of carbonyl (C=O) groups is 2. The first kappa shape index (κ1) is 18.8. The molecule has 0 radical (unpaired) electrons. The van der Waals surface area contributed by atoms with Crippen LogP contribution in [0.25, 0.3) is 0 Å². The van der Waals surface area contributed by atoms with Crippen molar-refractivity contribution >= 4 is 11.9 Å².